The van der Waals surface area contributed by atoms with Gasteiger partial charge in [-0.3, -0.25) is 0 Å². The lowest BCUT2D eigenvalue weighted by Crippen LogP contribution is -2.63. The van der Waals surface area contributed by atoms with Gasteiger partial charge in [-0.15, -0.1) is 0 Å². The van der Waals surface area contributed by atoms with Gasteiger partial charge in [-0.1, -0.05) is 19.8 Å². The standard InChI is InChI=1S/C17H24BrFN2/c1-3-13-10-20-17(6-4-5-7-17)11-21(13)16-9-14(18)15(19)8-12(16)2/h8-9,13,20H,3-7,10-11H2,1-2H3. The Morgan fingerprint density at radius 1 is 1.38 bits per heavy atom. The van der Waals surface area contributed by atoms with Crippen LogP contribution in [0.25, 0.3) is 0 Å². The molecule has 1 atom stereocenters. The number of nitrogens with one attached hydrogen (secondary N) is 1. The summed E-state index contributed by atoms with van der Waals surface area (Å²) < 4.78 is 14.3. The van der Waals surface area contributed by atoms with Crippen molar-refractivity contribution >= 4 is 21.6 Å². The molecule has 0 amide bonds. The minimum absolute atomic E-state index is 0.171. The second-order valence-electron chi connectivity index (χ2n) is 6.61. The monoisotopic (exact) mass is 354 g/mol. The predicted molar refractivity (Wildman–Crippen MR) is 89.5 cm³/mol. The molecule has 1 aromatic carbocycles. The van der Waals surface area contributed by atoms with Crippen LogP contribution in [0, 0.1) is 12.7 Å². The van der Waals surface area contributed by atoms with Gasteiger partial charge in [0.15, 0.2) is 0 Å². The molecule has 1 heterocycles. The Morgan fingerprint density at radius 2 is 2.10 bits per heavy atom. The summed E-state index contributed by atoms with van der Waals surface area (Å²) in [6.45, 7) is 6.33. The Bertz CT molecular complexity index is 526. The third kappa shape index (κ3) is 2.85. The van der Waals surface area contributed by atoms with Crippen LogP contribution in [0.2, 0.25) is 0 Å². The highest BCUT2D eigenvalue weighted by Gasteiger charge is 2.41. The van der Waals surface area contributed by atoms with Gasteiger partial charge >= 0.3 is 0 Å². The zero-order valence-electron chi connectivity index (χ0n) is 12.9. The Labute approximate surface area is 135 Å². The van der Waals surface area contributed by atoms with Crippen LogP contribution in [-0.2, 0) is 0 Å². The smallest absolute Gasteiger partial charge is 0.137 e. The molecule has 0 bridgehead atoms. The van der Waals surface area contributed by atoms with Crippen molar-refractivity contribution in [2.24, 2.45) is 0 Å². The van der Waals surface area contributed by atoms with Crippen molar-refractivity contribution < 1.29 is 4.39 Å². The highest BCUT2D eigenvalue weighted by molar-refractivity contribution is 9.10. The highest BCUT2D eigenvalue weighted by Crippen LogP contribution is 2.37. The first-order chi connectivity index (χ1) is 10.0. The molecule has 2 fully saturated rings. The minimum atomic E-state index is -0.171. The summed E-state index contributed by atoms with van der Waals surface area (Å²) in [7, 11) is 0. The van der Waals surface area contributed by atoms with Crippen LogP contribution >= 0.6 is 15.9 Å². The summed E-state index contributed by atoms with van der Waals surface area (Å²) in [5, 5.41) is 3.81. The van der Waals surface area contributed by atoms with E-state index in [1.807, 2.05) is 13.0 Å². The van der Waals surface area contributed by atoms with Gasteiger partial charge in [-0.25, -0.2) is 4.39 Å². The summed E-state index contributed by atoms with van der Waals surface area (Å²) in [5.74, 6) is -0.171. The van der Waals surface area contributed by atoms with Gasteiger partial charge in [-0.2, -0.15) is 0 Å². The summed E-state index contributed by atoms with van der Waals surface area (Å²) in [6, 6.07) is 4.10. The maximum absolute atomic E-state index is 13.7. The molecule has 1 aliphatic heterocycles. The molecular formula is C17H24BrFN2. The highest BCUT2D eigenvalue weighted by atomic mass is 79.9. The fraction of sp³-hybridized carbons (Fsp3) is 0.647. The number of hydrogen-bond acceptors (Lipinski definition) is 2. The molecule has 1 aromatic rings. The van der Waals surface area contributed by atoms with Gasteiger partial charge < -0.3 is 10.2 Å². The second kappa shape index (κ2) is 5.88. The lowest BCUT2D eigenvalue weighted by Gasteiger charge is -2.48. The van der Waals surface area contributed by atoms with Gasteiger partial charge in [0.05, 0.1) is 4.47 Å². The van der Waals surface area contributed by atoms with E-state index in [0.717, 1.165) is 25.1 Å². The Morgan fingerprint density at radius 3 is 2.76 bits per heavy atom. The largest absolute Gasteiger partial charge is 0.365 e. The number of piperazine rings is 1. The lowest BCUT2D eigenvalue weighted by molar-refractivity contribution is 0.267. The van der Waals surface area contributed by atoms with Gasteiger partial charge in [0.25, 0.3) is 0 Å². The summed E-state index contributed by atoms with van der Waals surface area (Å²) >= 11 is 3.35. The molecule has 0 aromatic heterocycles. The fourth-order valence-electron chi connectivity index (χ4n) is 3.93. The van der Waals surface area contributed by atoms with E-state index in [1.54, 1.807) is 6.07 Å². The molecule has 1 aliphatic carbocycles. The van der Waals surface area contributed by atoms with E-state index in [-0.39, 0.29) is 11.4 Å². The third-order valence-electron chi connectivity index (χ3n) is 5.21. The lowest BCUT2D eigenvalue weighted by atomic mass is 9.91. The molecule has 1 saturated carbocycles. The Kier molecular flexibility index (Phi) is 4.28. The number of nitrogens with zero attached hydrogens (tertiary/aromatic N) is 1. The van der Waals surface area contributed by atoms with Crippen LogP contribution in [0.15, 0.2) is 16.6 Å². The number of halogens is 2. The summed E-state index contributed by atoms with van der Waals surface area (Å²) in [4.78, 5) is 2.52. The van der Waals surface area contributed by atoms with Crippen molar-refractivity contribution in [2.75, 3.05) is 18.0 Å². The molecule has 1 N–H and O–H groups in total. The molecule has 2 nitrogen and oxygen atoms in total. The van der Waals surface area contributed by atoms with E-state index in [1.165, 1.54) is 31.4 Å². The molecule has 1 spiro atoms. The molecule has 3 rings (SSSR count). The van der Waals surface area contributed by atoms with Crippen LogP contribution in [0.4, 0.5) is 10.1 Å². The molecule has 21 heavy (non-hydrogen) atoms. The van der Waals surface area contributed by atoms with Gasteiger partial charge in [0.1, 0.15) is 5.82 Å². The maximum Gasteiger partial charge on any atom is 0.137 e. The topological polar surface area (TPSA) is 15.3 Å². The van der Waals surface area contributed by atoms with Gasteiger partial charge in [0, 0.05) is 30.4 Å². The number of anilines is 1. The minimum Gasteiger partial charge on any atom is -0.365 e. The van der Waals surface area contributed by atoms with E-state index >= 15 is 0 Å². The molecule has 4 heteroatoms. The molecule has 0 radical (unpaired) electrons. The van der Waals surface area contributed by atoms with Crippen LogP contribution in [0.3, 0.4) is 0 Å². The number of rotatable bonds is 2. The van der Waals surface area contributed by atoms with E-state index < -0.39 is 0 Å². The van der Waals surface area contributed by atoms with Crippen molar-refractivity contribution in [3.63, 3.8) is 0 Å². The first kappa shape index (κ1) is 15.3. The van der Waals surface area contributed by atoms with E-state index in [0.29, 0.717) is 10.5 Å². The molecular weight excluding hydrogens is 331 g/mol. The third-order valence-corrected chi connectivity index (χ3v) is 5.81. The van der Waals surface area contributed by atoms with Crippen LogP contribution in [0.1, 0.15) is 44.6 Å². The van der Waals surface area contributed by atoms with Crippen LogP contribution < -0.4 is 10.2 Å². The predicted octanol–water partition coefficient (Wildman–Crippen LogP) is 4.40. The number of aryl methyl sites for hydroxylation is 1. The quantitative estimate of drug-likeness (QED) is 0.846. The van der Waals surface area contributed by atoms with Crippen molar-refractivity contribution in [2.45, 2.75) is 57.5 Å². The van der Waals surface area contributed by atoms with E-state index in [4.69, 9.17) is 0 Å². The van der Waals surface area contributed by atoms with Crippen LogP contribution in [-0.4, -0.2) is 24.7 Å². The van der Waals surface area contributed by atoms with Crippen LogP contribution in [0.5, 0.6) is 0 Å². The normalized spacial score (nSPS) is 24.8. The fourth-order valence-corrected chi connectivity index (χ4v) is 4.27. The Hall–Kier alpha value is -0.610. The van der Waals surface area contributed by atoms with Gasteiger partial charge in [-0.05, 0) is 59.8 Å². The zero-order valence-corrected chi connectivity index (χ0v) is 14.5. The number of hydrogen-bond donors (Lipinski definition) is 1. The van der Waals surface area contributed by atoms with Crippen molar-refractivity contribution in [3.8, 4) is 0 Å². The average Bonchev–Trinajstić information content (AvgIpc) is 2.91. The SMILES string of the molecule is CCC1CNC2(CCCC2)CN1c1cc(Br)c(F)cc1C. The summed E-state index contributed by atoms with van der Waals surface area (Å²) in [6.07, 6.45) is 6.29. The van der Waals surface area contributed by atoms with Crippen molar-refractivity contribution in [3.05, 3.63) is 28.0 Å². The second-order valence-corrected chi connectivity index (χ2v) is 7.47. The van der Waals surface area contributed by atoms with E-state index in [9.17, 15) is 4.39 Å². The summed E-state index contributed by atoms with van der Waals surface area (Å²) in [5.41, 5.74) is 2.49. The first-order valence-electron chi connectivity index (χ1n) is 8.02. The zero-order chi connectivity index (χ0) is 15.0. The molecule has 116 valence electrons. The maximum atomic E-state index is 13.7. The first-order valence-corrected chi connectivity index (χ1v) is 8.81. The van der Waals surface area contributed by atoms with Crippen molar-refractivity contribution in [1.82, 2.24) is 5.32 Å². The number of benzene rings is 1. The molecule has 1 unspecified atom stereocenters. The average molecular weight is 355 g/mol. The van der Waals surface area contributed by atoms with Gasteiger partial charge in [0.2, 0.25) is 0 Å². The molecule has 2 aliphatic rings. The van der Waals surface area contributed by atoms with E-state index in [2.05, 4.69) is 33.1 Å². The van der Waals surface area contributed by atoms with Crippen molar-refractivity contribution in [1.29, 1.82) is 0 Å². The molecule has 1 saturated heterocycles. The Balaban J connectivity index is 1.94.